The minimum Gasteiger partial charge on any atom is -0.489 e. The van der Waals surface area contributed by atoms with Crippen molar-refractivity contribution in [2.75, 3.05) is 6.54 Å². The van der Waals surface area contributed by atoms with Crippen LogP contribution in [-0.4, -0.2) is 29.3 Å². The summed E-state index contributed by atoms with van der Waals surface area (Å²) >= 11 is 0. The van der Waals surface area contributed by atoms with Crippen molar-refractivity contribution in [1.82, 2.24) is 4.90 Å². The van der Waals surface area contributed by atoms with Crippen molar-refractivity contribution in [1.29, 1.82) is 0 Å². The van der Waals surface area contributed by atoms with Gasteiger partial charge in [-0.15, -0.1) is 0 Å². The second-order valence-electron chi connectivity index (χ2n) is 8.41. The molecule has 0 N–H and O–H groups in total. The van der Waals surface area contributed by atoms with Crippen LogP contribution in [0.5, 0.6) is 5.75 Å². The van der Waals surface area contributed by atoms with Gasteiger partial charge in [0.25, 0.3) is 0 Å². The maximum atomic E-state index is 13.0. The van der Waals surface area contributed by atoms with Gasteiger partial charge in [0.2, 0.25) is 0 Å². The molecule has 1 unspecified atom stereocenters. The number of carbonyl (C=O) groups is 1. The average Bonchev–Trinajstić information content (AvgIpc) is 2.68. The predicted molar refractivity (Wildman–Crippen MR) is 115 cm³/mol. The lowest BCUT2D eigenvalue weighted by Crippen LogP contribution is -2.39. The predicted octanol–water partition coefficient (Wildman–Crippen LogP) is 5.52. The quantitative estimate of drug-likeness (QED) is 0.605. The van der Waals surface area contributed by atoms with Gasteiger partial charge in [-0.3, -0.25) is 9.69 Å². The molecule has 0 bridgehead atoms. The van der Waals surface area contributed by atoms with E-state index >= 15 is 0 Å². The Hall–Kier alpha value is -2.13. The standard InChI is InChI=1S/C25H33NO2/c1-18(2)26(19(3)4)15-14-21-10-11-22-16-23(12-13-24(22)25(21)27)28-17-20-8-6-5-7-9-20/h5-9,12-13,16,18-19,21H,10-11,14-15,17H2,1-4H3. The Balaban J connectivity index is 1.61. The molecule has 0 radical (unpaired) electrons. The zero-order valence-electron chi connectivity index (χ0n) is 17.7. The molecule has 150 valence electrons. The lowest BCUT2D eigenvalue weighted by atomic mass is 9.81. The lowest BCUT2D eigenvalue weighted by Gasteiger charge is -2.32. The first-order chi connectivity index (χ1) is 13.5. The highest BCUT2D eigenvalue weighted by molar-refractivity contribution is 6.00. The van der Waals surface area contributed by atoms with E-state index in [2.05, 4.69) is 50.8 Å². The van der Waals surface area contributed by atoms with E-state index in [9.17, 15) is 4.79 Å². The van der Waals surface area contributed by atoms with Crippen molar-refractivity contribution in [2.45, 2.75) is 65.6 Å². The molecule has 1 aliphatic carbocycles. The van der Waals surface area contributed by atoms with Gasteiger partial charge in [0.05, 0.1) is 0 Å². The van der Waals surface area contributed by atoms with E-state index < -0.39 is 0 Å². The maximum Gasteiger partial charge on any atom is 0.166 e. The van der Waals surface area contributed by atoms with E-state index in [4.69, 9.17) is 4.74 Å². The van der Waals surface area contributed by atoms with Crippen LogP contribution in [0.3, 0.4) is 0 Å². The second-order valence-corrected chi connectivity index (χ2v) is 8.41. The molecule has 1 atom stereocenters. The summed E-state index contributed by atoms with van der Waals surface area (Å²) in [4.78, 5) is 15.5. The maximum absolute atomic E-state index is 13.0. The van der Waals surface area contributed by atoms with Crippen molar-refractivity contribution in [2.24, 2.45) is 5.92 Å². The molecule has 2 aromatic rings. The number of hydrogen-bond donors (Lipinski definition) is 0. The highest BCUT2D eigenvalue weighted by Crippen LogP contribution is 2.31. The van der Waals surface area contributed by atoms with Crippen LogP contribution in [0, 0.1) is 5.92 Å². The van der Waals surface area contributed by atoms with Gasteiger partial charge in [0.15, 0.2) is 5.78 Å². The fourth-order valence-electron chi connectivity index (χ4n) is 4.22. The molecule has 28 heavy (non-hydrogen) atoms. The van der Waals surface area contributed by atoms with Crippen LogP contribution in [0.2, 0.25) is 0 Å². The van der Waals surface area contributed by atoms with Gasteiger partial charge in [-0.2, -0.15) is 0 Å². The monoisotopic (exact) mass is 379 g/mol. The smallest absolute Gasteiger partial charge is 0.166 e. The zero-order valence-corrected chi connectivity index (χ0v) is 17.7. The van der Waals surface area contributed by atoms with Crippen molar-refractivity contribution in [3.05, 3.63) is 65.2 Å². The Bertz CT molecular complexity index is 774. The van der Waals surface area contributed by atoms with E-state index in [1.807, 2.05) is 30.3 Å². The third kappa shape index (κ3) is 5.02. The summed E-state index contributed by atoms with van der Waals surface area (Å²) in [7, 11) is 0. The summed E-state index contributed by atoms with van der Waals surface area (Å²) in [6.07, 6.45) is 2.84. The first kappa shape index (κ1) is 20.6. The molecule has 0 saturated carbocycles. The molecular weight excluding hydrogens is 346 g/mol. The van der Waals surface area contributed by atoms with E-state index in [-0.39, 0.29) is 5.92 Å². The van der Waals surface area contributed by atoms with Crippen LogP contribution < -0.4 is 4.74 Å². The van der Waals surface area contributed by atoms with Gasteiger partial charge in [-0.05, 0) is 82.8 Å². The van der Waals surface area contributed by atoms with Crippen molar-refractivity contribution >= 4 is 5.78 Å². The number of benzene rings is 2. The Labute approximate surface area is 169 Å². The van der Waals surface area contributed by atoms with Crippen LogP contribution in [-0.2, 0) is 13.0 Å². The molecule has 0 saturated heterocycles. The van der Waals surface area contributed by atoms with E-state index in [0.29, 0.717) is 24.5 Å². The van der Waals surface area contributed by atoms with Crippen molar-refractivity contribution in [3.63, 3.8) is 0 Å². The molecule has 0 aliphatic heterocycles. The Kier molecular flexibility index (Phi) is 6.90. The molecule has 1 aliphatic rings. The molecule has 0 heterocycles. The van der Waals surface area contributed by atoms with Gasteiger partial charge in [0.1, 0.15) is 12.4 Å². The van der Waals surface area contributed by atoms with Gasteiger partial charge < -0.3 is 4.74 Å². The highest BCUT2D eigenvalue weighted by atomic mass is 16.5. The molecule has 3 heteroatoms. The normalized spacial score (nSPS) is 16.7. The molecule has 0 spiro atoms. The number of ether oxygens (including phenoxy) is 1. The first-order valence-electron chi connectivity index (χ1n) is 10.5. The fraction of sp³-hybridized carbons (Fsp3) is 0.480. The summed E-state index contributed by atoms with van der Waals surface area (Å²) in [5, 5.41) is 0. The third-order valence-corrected chi connectivity index (χ3v) is 5.79. The Morgan fingerprint density at radius 1 is 1.04 bits per heavy atom. The molecule has 2 aromatic carbocycles. The minimum absolute atomic E-state index is 0.142. The molecular formula is C25H33NO2. The second kappa shape index (κ2) is 9.38. The summed E-state index contributed by atoms with van der Waals surface area (Å²) in [5.74, 6) is 1.30. The first-order valence-corrected chi connectivity index (χ1v) is 10.5. The van der Waals surface area contributed by atoms with Gasteiger partial charge >= 0.3 is 0 Å². The summed E-state index contributed by atoms with van der Waals surface area (Å²) in [6.45, 7) is 10.5. The largest absolute Gasteiger partial charge is 0.489 e. The van der Waals surface area contributed by atoms with E-state index in [1.54, 1.807) is 0 Å². The number of fused-ring (bicyclic) bond motifs is 1. The van der Waals surface area contributed by atoms with Crippen LogP contribution in [0.4, 0.5) is 0 Å². The van der Waals surface area contributed by atoms with Gasteiger partial charge in [0, 0.05) is 23.6 Å². The number of rotatable bonds is 8. The SMILES string of the molecule is CC(C)N(CCC1CCc2cc(OCc3ccccc3)ccc2C1=O)C(C)C. The van der Waals surface area contributed by atoms with Gasteiger partial charge in [-0.25, -0.2) is 0 Å². The van der Waals surface area contributed by atoms with Crippen LogP contribution in [0.15, 0.2) is 48.5 Å². The summed E-state index contributed by atoms with van der Waals surface area (Å²) in [6, 6.07) is 17.1. The highest BCUT2D eigenvalue weighted by Gasteiger charge is 2.28. The lowest BCUT2D eigenvalue weighted by molar-refractivity contribution is 0.0864. The number of ketones is 1. The summed E-state index contributed by atoms with van der Waals surface area (Å²) < 4.78 is 5.93. The third-order valence-electron chi connectivity index (χ3n) is 5.79. The number of carbonyl (C=O) groups excluding carboxylic acids is 1. The molecule has 3 nitrogen and oxygen atoms in total. The van der Waals surface area contributed by atoms with E-state index in [0.717, 1.165) is 48.2 Å². The number of hydrogen-bond acceptors (Lipinski definition) is 3. The van der Waals surface area contributed by atoms with Crippen LogP contribution >= 0.6 is 0 Å². The van der Waals surface area contributed by atoms with E-state index in [1.165, 1.54) is 0 Å². The van der Waals surface area contributed by atoms with Gasteiger partial charge in [-0.1, -0.05) is 30.3 Å². The number of Topliss-reactive ketones (excluding diaryl/α,β-unsaturated/α-hetero) is 1. The zero-order chi connectivity index (χ0) is 20.1. The fourth-order valence-corrected chi connectivity index (χ4v) is 4.22. The van der Waals surface area contributed by atoms with Crippen molar-refractivity contribution < 1.29 is 9.53 Å². The Morgan fingerprint density at radius 3 is 2.43 bits per heavy atom. The molecule has 3 rings (SSSR count). The molecule has 0 fully saturated rings. The molecule has 0 amide bonds. The number of aryl methyl sites for hydroxylation is 1. The molecule has 0 aromatic heterocycles. The van der Waals surface area contributed by atoms with Crippen LogP contribution in [0.1, 0.15) is 62.0 Å². The Morgan fingerprint density at radius 2 is 1.75 bits per heavy atom. The summed E-state index contributed by atoms with van der Waals surface area (Å²) in [5.41, 5.74) is 3.18. The number of nitrogens with zero attached hydrogens (tertiary/aromatic N) is 1. The van der Waals surface area contributed by atoms with Crippen molar-refractivity contribution in [3.8, 4) is 5.75 Å². The topological polar surface area (TPSA) is 29.5 Å². The average molecular weight is 380 g/mol. The van der Waals surface area contributed by atoms with Crippen LogP contribution in [0.25, 0.3) is 0 Å². The minimum atomic E-state index is 0.142.